The van der Waals surface area contributed by atoms with Crippen molar-refractivity contribution in [2.75, 3.05) is 26.2 Å². The Balaban J connectivity index is 2.21. The van der Waals surface area contributed by atoms with Gasteiger partial charge in [-0.15, -0.1) is 0 Å². The van der Waals surface area contributed by atoms with Crippen molar-refractivity contribution in [2.24, 2.45) is 0 Å². The van der Waals surface area contributed by atoms with Gasteiger partial charge < -0.3 is 5.32 Å². The van der Waals surface area contributed by atoms with E-state index in [4.69, 9.17) is 0 Å². The van der Waals surface area contributed by atoms with Gasteiger partial charge in [0.2, 0.25) is 0 Å². The number of nitrogens with zero attached hydrogens (tertiary/aromatic N) is 1. The van der Waals surface area contributed by atoms with Gasteiger partial charge in [-0.3, -0.25) is 4.90 Å². The van der Waals surface area contributed by atoms with Crippen LogP contribution in [0.15, 0.2) is 0 Å². The van der Waals surface area contributed by atoms with Gasteiger partial charge in [0.25, 0.3) is 0 Å². The Labute approximate surface area is 88.8 Å². The first-order valence-corrected chi connectivity index (χ1v) is 5.54. The van der Waals surface area contributed by atoms with E-state index in [1.165, 1.54) is 4.90 Å². The summed E-state index contributed by atoms with van der Waals surface area (Å²) < 4.78 is 36.4. The SMILES string of the molecule is CCN(CCC1CCCN1)CC(F)(F)F. The van der Waals surface area contributed by atoms with E-state index in [0.29, 0.717) is 19.1 Å². The largest absolute Gasteiger partial charge is 0.401 e. The van der Waals surface area contributed by atoms with Gasteiger partial charge in [-0.05, 0) is 38.9 Å². The molecule has 0 aromatic carbocycles. The van der Waals surface area contributed by atoms with Crippen LogP contribution in [0.4, 0.5) is 13.2 Å². The zero-order valence-electron chi connectivity index (χ0n) is 9.11. The number of hydrogen-bond acceptors (Lipinski definition) is 2. The van der Waals surface area contributed by atoms with Gasteiger partial charge in [-0.1, -0.05) is 6.92 Å². The molecule has 1 atom stereocenters. The Morgan fingerprint density at radius 3 is 2.60 bits per heavy atom. The third kappa shape index (κ3) is 5.37. The molecule has 90 valence electrons. The Morgan fingerprint density at radius 2 is 2.13 bits per heavy atom. The van der Waals surface area contributed by atoms with Gasteiger partial charge in [0, 0.05) is 6.04 Å². The monoisotopic (exact) mass is 224 g/mol. The molecule has 0 aromatic heterocycles. The van der Waals surface area contributed by atoms with Crippen molar-refractivity contribution in [3.05, 3.63) is 0 Å². The van der Waals surface area contributed by atoms with Crippen LogP contribution in [-0.4, -0.2) is 43.3 Å². The lowest BCUT2D eigenvalue weighted by Gasteiger charge is -2.23. The highest BCUT2D eigenvalue weighted by Crippen LogP contribution is 2.17. The lowest BCUT2D eigenvalue weighted by atomic mass is 10.1. The summed E-state index contributed by atoms with van der Waals surface area (Å²) in [6.07, 6.45) is -0.997. The molecule has 0 radical (unpaired) electrons. The predicted molar refractivity (Wildman–Crippen MR) is 53.8 cm³/mol. The molecule has 0 aliphatic carbocycles. The second kappa shape index (κ2) is 5.70. The van der Waals surface area contributed by atoms with Crippen molar-refractivity contribution >= 4 is 0 Å². The Bertz CT molecular complexity index is 176. The first kappa shape index (κ1) is 12.8. The topological polar surface area (TPSA) is 15.3 Å². The molecule has 1 rings (SSSR count). The zero-order valence-corrected chi connectivity index (χ0v) is 9.11. The summed E-state index contributed by atoms with van der Waals surface area (Å²) in [6.45, 7) is 3.00. The molecule has 2 nitrogen and oxygen atoms in total. The van der Waals surface area contributed by atoms with E-state index in [1.54, 1.807) is 6.92 Å². The van der Waals surface area contributed by atoms with Crippen LogP contribution in [0.3, 0.4) is 0 Å². The van der Waals surface area contributed by atoms with Gasteiger partial charge in [-0.2, -0.15) is 13.2 Å². The average molecular weight is 224 g/mol. The van der Waals surface area contributed by atoms with Crippen molar-refractivity contribution in [3.8, 4) is 0 Å². The van der Waals surface area contributed by atoms with E-state index in [2.05, 4.69) is 5.32 Å². The van der Waals surface area contributed by atoms with Crippen LogP contribution >= 0.6 is 0 Å². The van der Waals surface area contributed by atoms with Crippen molar-refractivity contribution in [1.82, 2.24) is 10.2 Å². The molecular weight excluding hydrogens is 205 g/mol. The maximum absolute atomic E-state index is 12.1. The van der Waals surface area contributed by atoms with Crippen molar-refractivity contribution in [2.45, 2.75) is 38.4 Å². The van der Waals surface area contributed by atoms with Crippen LogP contribution in [0.5, 0.6) is 0 Å². The molecule has 1 fully saturated rings. The predicted octanol–water partition coefficient (Wildman–Crippen LogP) is 2.01. The summed E-state index contributed by atoms with van der Waals surface area (Å²) in [7, 11) is 0. The smallest absolute Gasteiger partial charge is 0.314 e. The lowest BCUT2D eigenvalue weighted by Crippen LogP contribution is -2.37. The minimum atomic E-state index is -4.07. The Kier molecular flexibility index (Phi) is 4.86. The minimum Gasteiger partial charge on any atom is -0.314 e. The molecule has 1 N–H and O–H groups in total. The minimum absolute atomic E-state index is 0.423. The van der Waals surface area contributed by atoms with Gasteiger partial charge in [0.15, 0.2) is 0 Å². The van der Waals surface area contributed by atoms with Crippen LogP contribution in [0.25, 0.3) is 0 Å². The molecule has 1 saturated heterocycles. The molecule has 5 heteroatoms. The van der Waals surface area contributed by atoms with E-state index >= 15 is 0 Å². The van der Waals surface area contributed by atoms with Gasteiger partial charge in [-0.25, -0.2) is 0 Å². The van der Waals surface area contributed by atoms with Crippen LogP contribution in [-0.2, 0) is 0 Å². The molecule has 0 aromatic rings. The second-order valence-electron chi connectivity index (χ2n) is 4.07. The molecule has 1 aliphatic rings. The van der Waals surface area contributed by atoms with Crippen LogP contribution in [0.1, 0.15) is 26.2 Å². The van der Waals surface area contributed by atoms with E-state index in [-0.39, 0.29) is 0 Å². The fourth-order valence-corrected chi connectivity index (χ4v) is 1.94. The van der Waals surface area contributed by atoms with Crippen LogP contribution < -0.4 is 5.32 Å². The second-order valence-corrected chi connectivity index (χ2v) is 4.07. The average Bonchev–Trinajstić information content (AvgIpc) is 2.62. The third-order valence-corrected chi connectivity index (χ3v) is 2.81. The lowest BCUT2D eigenvalue weighted by molar-refractivity contribution is -0.145. The zero-order chi connectivity index (χ0) is 11.3. The number of rotatable bonds is 5. The first-order valence-electron chi connectivity index (χ1n) is 5.54. The molecule has 0 saturated carbocycles. The highest BCUT2D eigenvalue weighted by Gasteiger charge is 2.30. The summed E-state index contributed by atoms with van der Waals surface area (Å²) in [4.78, 5) is 1.46. The van der Waals surface area contributed by atoms with Gasteiger partial charge in [0.05, 0.1) is 6.54 Å². The van der Waals surface area contributed by atoms with Crippen LogP contribution in [0, 0.1) is 0 Å². The summed E-state index contributed by atoms with van der Waals surface area (Å²) in [5.41, 5.74) is 0. The molecule has 0 amide bonds. The van der Waals surface area contributed by atoms with Crippen molar-refractivity contribution in [3.63, 3.8) is 0 Å². The fourth-order valence-electron chi connectivity index (χ4n) is 1.94. The van der Waals surface area contributed by atoms with E-state index in [0.717, 1.165) is 25.8 Å². The van der Waals surface area contributed by atoms with Gasteiger partial charge >= 0.3 is 6.18 Å². The molecule has 0 bridgehead atoms. The highest BCUT2D eigenvalue weighted by molar-refractivity contribution is 4.75. The van der Waals surface area contributed by atoms with Gasteiger partial charge in [0.1, 0.15) is 0 Å². The third-order valence-electron chi connectivity index (χ3n) is 2.81. The molecule has 15 heavy (non-hydrogen) atoms. The number of alkyl halides is 3. The number of hydrogen-bond donors (Lipinski definition) is 1. The van der Waals surface area contributed by atoms with Crippen LogP contribution in [0.2, 0.25) is 0 Å². The molecular formula is C10H19F3N2. The summed E-state index contributed by atoms with van der Waals surface area (Å²) >= 11 is 0. The quantitative estimate of drug-likeness (QED) is 0.768. The molecule has 1 heterocycles. The normalized spacial score (nSPS) is 22.6. The number of halogens is 3. The molecule has 1 aliphatic heterocycles. The van der Waals surface area contributed by atoms with E-state index < -0.39 is 12.7 Å². The summed E-state index contributed by atoms with van der Waals surface area (Å²) in [6, 6.07) is 0.423. The molecule has 1 unspecified atom stereocenters. The summed E-state index contributed by atoms with van der Waals surface area (Å²) in [5, 5.41) is 3.29. The van der Waals surface area contributed by atoms with E-state index in [1.807, 2.05) is 0 Å². The maximum Gasteiger partial charge on any atom is 0.401 e. The Morgan fingerprint density at radius 1 is 1.40 bits per heavy atom. The molecule has 0 spiro atoms. The van der Waals surface area contributed by atoms with E-state index in [9.17, 15) is 13.2 Å². The Hall–Kier alpha value is -0.290. The fraction of sp³-hybridized carbons (Fsp3) is 1.00. The summed E-state index contributed by atoms with van der Waals surface area (Å²) in [5.74, 6) is 0. The number of nitrogens with one attached hydrogen (secondary N) is 1. The highest BCUT2D eigenvalue weighted by atomic mass is 19.4. The maximum atomic E-state index is 12.1. The first-order chi connectivity index (χ1) is 7.01. The standard InChI is InChI=1S/C10H19F3N2/c1-2-15(8-10(11,12)13)7-5-9-4-3-6-14-9/h9,14H,2-8H2,1H3. The van der Waals surface area contributed by atoms with Crippen molar-refractivity contribution in [1.29, 1.82) is 0 Å². The van der Waals surface area contributed by atoms with Crippen molar-refractivity contribution < 1.29 is 13.2 Å².